The van der Waals surface area contributed by atoms with Crippen molar-refractivity contribution < 1.29 is 9.05 Å². The Hall–Kier alpha value is 1.44. The zero-order chi connectivity index (χ0) is 12.9. The fraction of sp³-hybridized carbons (Fsp3) is 1.00. The fourth-order valence-corrected chi connectivity index (χ4v) is 15.9. The molecule has 0 radical (unpaired) electrons. The van der Waals surface area contributed by atoms with Gasteiger partial charge in [0.25, 0.3) is 5.91 Å². The topological polar surface area (TPSA) is 58.8 Å². The van der Waals surface area contributed by atoms with Crippen LogP contribution in [-0.2, 0) is 9.05 Å². The van der Waals surface area contributed by atoms with Gasteiger partial charge in [0.2, 0.25) is 6.71 Å². The average molecular weight is 371 g/mol. The highest BCUT2D eigenvalue weighted by molar-refractivity contribution is 8.15. The van der Waals surface area contributed by atoms with Gasteiger partial charge in [0.05, 0.1) is 13.2 Å². The van der Waals surface area contributed by atoms with Crippen LogP contribution in [0.4, 0.5) is 0 Å². The maximum Gasteiger partial charge on any atom is 0.345 e. The number of hydrogen-bond acceptors (Lipinski definition) is 6. The monoisotopic (exact) mass is 370 g/mol. The minimum atomic E-state index is -2.85. The molecule has 3 rings (SSSR count). The van der Waals surface area contributed by atoms with Crippen molar-refractivity contribution in [2.75, 3.05) is 26.3 Å². The largest absolute Gasteiger partial charge is 0.345 e. The first-order valence-corrected chi connectivity index (χ1v) is 13.1. The molecule has 3 heterocycles. The Morgan fingerprint density at radius 3 is 2.11 bits per heavy atom. The van der Waals surface area contributed by atoms with Crippen LogP contribution in [0.25, 0.3) is 0 Å². The highest BCUT2D eigenvalue weighted by atomic mass is 35.9. The molecule has 2 fully saturated rings. The van der Waals surface area contributed by atoms with Crippen LogP contribution in [0, 0.1) is 0 Å². The molecular formula is C6H12Cl3N4O2P3. The lowest BCUT2D eigenvalue weighted by molar-refractivity contribution is 0.365. The second kappa shape index (κ2) is 5.02. The van der Waals surface area contributed by atoms with E-state index in [1.165, 1.54) is 0 Å². The molecule has 0 N–H and O–H groups in total. The fourth-order valence-electron chi connectivity index (χ4n) is 1.99. The SMILES string of the molecule is ClP1(Cl)=N[P@@](Cl)(N2CCCC2)=NP2(=N1)OCCO2. The smallest absolute Gasteiger partial charge is 0.304 e. The van der Waals surface area contributed by atoms with E-state index in [0.717, 1.165) is 25.9 Å². The van der Waals surface area contributed by atoms with Crippen molar-refractivity contribution in [3.63, 3.8) is 0 Å². The molecule has 3 aliphatic heterocycles. The van der Waals surface area contributed by atoms with Gasteiger partial charge in [-0.05, 0) is 46.6 Å². The van der Waals surface area contributed by atoms with E-state index in [1.807, 2.05) is 0 Å². The lowest BCUT2D eigenvalue weighted by Gasteiger charge is -2.29. The van der Waals surface area contributed by atoms with Crippen LogP contribution in [0.3, 0.4) is 0 Å². The molecule has 0 bridgehead atoms. The van der Waals surface area contributed by atoms with Crippen molar-refractivity contribution >= 4 is 54.0 Å². The summed E-state index contributed by atoms with van der Waals surface area (Å²) in [5.41, 5.74) is 0. The van der Waals surface area contributed by atoms with Gasteiger partial charge in [-0.2, -0.15) is 13.5 Å². The van der Waals surface area contributed by atoms with Crippen LogP contribution in [0.5, 0.6) is 0 Å². The van der Waals surface area contributed by atoms with Crippen molar-refractivity contribution in [1.29, 1.82) is 0 Å². The predicted octanol–water partition coefficient (Wildman–Crippen LogP) is 5.70. The van der Waals surface area contributed by atoms with Gasteiger partial charge in [-0.3, -0.25) is 0 Å². The second-order valence-electron chi connectivity index (χ2n) is 4.04. The molecule has 0 aromatic carbocycles. The molecule has 1 atom stereocenters. The predicted molar refractivity (Wildman–Crippen MR) is 78.3 cm³/mol. The average Bonchev–Trinajstić information content (AvgIpc) is 2.85. The lowest BCUT2D eigenvalue weighted by Crippen LogP contribution is -2.12. The molecule has 12 heteroatoms. The van der Waals surface area contributed by atoms with Gasteiger partial charge in [-0.15, -0.1) is 0 Å². The van der Waals surface area contributed by atoms with Gasteiger partial charge in [0, 0.05) is 13.1 Å². The Morgan fingerprint density at radius 2 is 1.50 bits per heavy atom. The Kier molecular flexibility index (Phi) is 4.01. The highest BCUT2D eigenvalue weighted by Gasteiger charge is 2.42. The zero-order valence-corrected chi connectivity index (χ0v) is 14.3. The Bertz CT molecular complexity index is 516. The molecule has 0 amide bonds. The third kappa shape index (κ3) is 2.74. The summed E-state index contributed by atoms with van der Waals surface area (Å²) < 4.78 is 26.2. The van der Waals surface area contributed by atoms with E-state index in [2.05, 4.69) is 18.2 Å². The summed E-state index contributed by atoms with van der Waals surface area (Å²) in [5, 5.41) is 0. The normalized spacial score (nSPS) is 38.2. The van der Waals surface area contributed by atoms with Crippen molar-refractivity contribution in [3.8, 4) is 0 Å². The molecule has 18 heavy (non-hydrogen) atoms. The van der Waals surface area contributed by atoms with Crippen LogP contribution in [0.2, 0.25) is 0 Å². The summed E-state index contributed by atoms with van der Waals surface area (Å²) in [6.45, 7) is 0.0176. The molecule has 0 aromatic heterocycles. The van der Waals surface area contributed by atoms with Gasteiger partial charge in [-0.1, -0.05) is 0 Å². The first-order valence-electron chi connectivity index (χ1n) is 5.48. The summed E-state index contributed by atoms with van der Waals surface area (Å²) in [6, 6.07) is 0. The molecule has 0 aromatic rings. The number of nitrogens with zero attached hydrogens (tertiary/aromatic N) is 4. The molecule has 6 nitrogen and oxygen atoms in total. The van der Waals surface area contributed by atoms with E-state index in [-0.39, 0.29) is 0 Å². The number of halogens is 3. The van der Waals surface area contributed by atoms with E-state index in [9.17, 15) is 0 Å². The van der Waals surface area contributed by atoms with Gasteiger partial charge < -0.3 is 9.05 Å². The van der Waals surface area contributed by atoms with E-state index in [4.69, 9.17) is 42.8 Å². The zero-order valence-electron chi connectivity index (χ0n) is 9.32. The first kappa shape index (κ1) is 14.4. The molecule has 3 aliphatic rings. The van der Waals surface area contributed by atoms with E-state index in [0.29, 0.717) is 13.2 Å². The Balaban J connectivity index is 2.12. The van der Waals surface area contributed by atoms with Gasteiger partial charge >= 0.3 is 7.66 Å². The van der Waals surface area contributed by atoms with Crippen molar-refractivity contribution in [1.82, 2.24) is 4.67 Å². The molecule has 0 aliphatic carbocycles. The maximum absolute atomic E-state index is 6.61. The second-order valence-corrected chi connectivity index (χ2v) is 14.9. The quantitative estimate of drug-likeness (QED) is 0.556. The van der Waals surface area contributed by atoms with Crippen molar-refractivity contribution in [2.45, 2.75) is 12.8 Å². The highest BCUT2D eigenvalue weighted by Crippen LogP contribution is 2.85. The van der Waals surface area contributed by atoms with E-state index < -0.39 is 20.3 Å². The van der Waals surface area contributed by atoms with E-state index >= 15 is 0 Å². The molecule has 104 valence electrons. The minimum Gasteiger partial charge on any atom is -0.304 e. The summed E-state index contributed by atoms with van der Waals surface area (Å²) in [4.78, 5) is 0. The molecule has 0 saturated carbocycles. The molecule has 2 saturated heterocycles. The van der Waals surface area contributed by atoms with E-state index in [1.54, 1.807) is 0 Å². The van der Waals surface area contributed by atoms with Crippen LogP contribution < -0.4 is 0 Å². The first-order chi connectivity index (χ1) is 8.43. The van der Waals surface area contributed by atoms with Crippen LogP contribution >= 0.6 is 54.0 Å². The lowest BCUT2D eigenvalue weighted by atomic mass is 10.4. The summed E-state index contributed by atoms with van der Waals surface area (Å²) in [6.07, 6.45) is 2.17. The third-order valence-electron chi connectivity index (χ3n) is 2.71. The molecular weight excluding hydrogens is 359 g/mol. The summed E-state index contributed by atoms with van der Waals surface area (Å²) in [7, 11) is -2.72. The van der Waals surface area contributed by atoms with Crippen LogP contribution in [0.15, 0.2) is 13.5 Å². The standard InChI is InChI=1S/C6H12Cl3N4O2P3/c7-16(8)10-17(9,13-3-1-2-4-13)12-18(11-16)14-5-6-15-18/h1-6H2/t17-/m1/s1. The molecule has 1 spiro atoms. The Labute approximate surface area is 120 Å². The van der Waals surface area contributed by atoms with Crippen molar-refractivity contribution in [3.05, 3.63) is 0 Å². The molecule has 0 unspecified atom stereocenters. The maximum atomic E-state index is 6.61. The number of rotatable bonds is 1. The van der Waals surface area contributed by atoms with Gasteiger partial charge in [0.1, 0.15) is 0 Å². The Morgan fingerprint density at radius 1 is 0.889 bits per heavy atom. The third-order valence-corrected chi connectivity index (χ3v) is 14.5. The van der Waals surface area contributed by atoms with Crippen LogP contribution in [0.1, 0.15) is 12.8 Å². The minimum absolute atomic E-state index is 0.450. The van der Waals surface area contributed by atoms with Crippen LogP contribution in [-0.4, -0.2) is 31.0 Å². The summed E-state index contributed by atoms with van der Waals surface area (Å²) in [5.74, 6) is -2.85. The van der Waals surface area contributed by atoms with Gasteiger partial charge in [-0.25, -0.2) is 4.67 Å². The van der Waals surface area contributed by atoms with Crippen molar-refractivity contribution in [2.24, 2.45) is 13.5 Å². The number of hydrogen-bond donors (Lipinski definition) is 0. The van der Waals surface area contributed by atoms with Gasteiger partial charge in [0.15, 0.2) is 0 Å². The summed E-state index contributed by atoms with van der Waals surface area (Å²) >= 11 is 19.0.